The van der Waals surface area contributed by atoms with Crippen LogP contribution < -0.4 is 11.2 Å². The molecule has 0 saturated carbocycles. The van der Waals surface area contributed by atoms with E-state index in [0.29, 0.717) is 21.5 Å². The van der Waals surface area contributed by atoms with Gasteiger partial charge in [-0.1, -0.05) is 30.3 Å². The maximum absolute atomic E-state index is 13.5. The van der Waals surface area contributed by atoms with Crippen molar-refractivity contribution in [2.75, 3.05) is 0 Å². The summed E-state index contributed by atoms with van der Waals surface area (Å²) >= 11 is 1.29. The fourth-order valence-corrected chi connectivity index (χ4v) is 3.69. The van der Waals surface area contributed by atoms with Crippen molar-refractivity contribution in [3.63, 3.8) is 0 Å². The van der Waals surface area contributed by atoms with Crippen molar-refractivity contribution < 1.29 is 4.39 Å². The van der Waals surface area contributed by atoms with Crippen LogP contribution in [-0.2, 0) is 6.54 Å². The Labute approximate surface area is 146 Å². The summed E-state index contributed by atoms with van der Waals surface area (Å²) in [5.74, 6) is -0.358. The molecule has 2 heterocycles. The van der Waals surface area contributed by atoms with Gasteiger partial charge in [0.1, 0.15) is 10.5 Å². The first-order chi connectivity index (χ1) is 12.1. The third kappa shape index (κ3) is 2.70. The molecule has 4 aromatic rings. The zero-order valence-corrected chi connectivity index (χ0v) is 13.9. The number of para-hydroxylation sites is 1. The van der Waals surface area contributed by atoms with Gasteiger partial charge in [0.25, 0.3) is 5.56 Å². The van der Waals surface area contributed by atoms with E-state index in [1.54, 1.807) is 47.8 Å². The van der Waals surface area contributed by atoms with Crippen LogP contribution in [0.1, 0.15) is 5.56 Å². The predicted molar refractivity (Wildman–Crippen MR) is 97.2 cm³/mol. The van der Waals surface area contributed by atoms with Gasteiger partial charge in [0.15, 0.2) is 0 Å². The summed E-state index contributed by atoms with van der Waals surface area (Å²) in [5, 5.41) is 1.78. The molecule has 0 N–H and O–H groups in total. The summed E-state index contributed by atoms with van der Waals surface area (Å²) in [7, 11) is 0. The highest BCUT2D eigenvalue weighted by Gasteiger charge is 2.15. The summed E-state index contributed by atoms with van der Waals surface area (Å²) in [6.07, 6.45) is 0. The first-order valence-corrected chi connectivity index (χ1v) is 8.56. The average molecular weight is 352 g/mol. The first kappa shape index (κ1) is 15.5. The molecule has 0 saturated heterocycles. The molecule has 2 aromatic carbocycles. The minimum Gasteiger partial charge on any atom is -0.288 e. The second-order valence-electron chi connectivity index (χ2n) is 5.61. The Morgan fingerprint density at radius 2 is 1.76 bits per heavy atom. The van der Waals surface area contributed by atoms with Crippen molar-refractivity contribution in [2.24, 2.45) is 0 Å². The van der Waals surface area contributed by atoms with Crippen LogP contribution >= 0.6 is 11.3 Å². The monoisotopic (exact) mass is 352 g/mol. The van der Waals surface area contributed by atoms with Crippen LogP contribution in [0.4, 0.5) is 4.39 Å². The smallest absolute Gasteiger partial charge is 0.288 e. The fourth-order valence-electron chi connectivity index (χ4n) is 2.86. The van der Waals surface area contributed by atoms with E-state index in [4.69, 9.17) is 0 Å². The molecule has 4 rings (SSSR count). The summed E-state index contributed by atoms with van der Waals surface area (Å²) in [6, 6.07) is 16.7. The molecule has 0 fully saturated rings. The number of halogens is 1. The molecular weight excluding hydrogens is 339 g/mol. The maximum Gasteiger partial charge on any atom is 0.336 e. The van der Waals surface area contributed by atoms with Crippen molar-refractivity contribution >= 4 is 21.6 Å². The summed E-state index contributed by atoms with van der Waals surface area (Å²) in [6.45, 7) is 0.191. The van der Waals surface area contributed by atoms with Crippen LogP contribution in [0.5, 0.6) is 0 Å². The Bertz CT molecular complexity index is 1180. The van der Waals surface area contributed by atoms with E-state index >= 15 is 0 Å². The van der Waals surface area contributed by atoms with E-state index in [0.717, 1.165) is 4.57 Å². The minimum atomic E-state index is -0.439. The van der Waals surface area contributed by atoms with Gasteiger partial charge < -0.3 is 0 Å². The Morgan fingerprint density at radius 1 is 0.960 bits per heavy atom. The number of fused-ring (bicyclic) bond motifs is 1. The van der Waals surface area contributed by atoms with E-state index < -0.39 is 5.69 Å². The van der Waals surface area contributed by atoms with Crippen LogP contribution in [0.2, 0.25) is 0 Å². The van der Waals surface area contributed by atoms with Gasteiger partial charge in [0.2, 0.25) is 0 Å². The van der Waals surface area contributed by atoms with E-state index in [9.17, 15) is 14.0 Å². The van der Waals surface area contributed by atoms with Gasteiger partial charge >= 0.3 is 5.69 Å². The first-order valence-electron chi connectivity index (χ1n) is 7.68. The molecule has 0 unspecified atom stereocenters. The van der Waals surface area contributed by atoms with Crippen LogP contribution in [-0.4, -0.2) is 9.13 Å². The molecule has 0 aliphatic heterocycles. The highest BCUT2D eigenvalue weighted by atomic mass is 32.1. The molecular formula is C19H13FN2O2S. The van der Waals surface area contributed by atoms with Crippen LogP contribution in [0.3, 0.4) is 0 Å². The Hall–Kier alpha value is -2.99. The molecule has 6 heteroatoms. The fraction of sp³-hybridized carbons (Fsp3) is 0.0526. The van der Waals surface area contributed by atoms with E-state index in [1.165, 1.54) is 28.0 Å². The largest absolute Gasteiger partial charge is 0.336 e. The van der Waals surface area contributed by atoms with Gasteiger partial charge in [-0.2, -0.15) is 0 Å². The molecule has 0 amide bonds. The second-order valence-corrected chi connectivity index (χ2v) is 6.53. The van der Waals surface area contributed by atoms with Crippen molar-refractivity contribution in [1.82, 2.24) is 9.13 Å². The highest BCUT2D eigenvalue weighted by molar-refractivity contribution is 7.17. The van der Waals surface area contributed by atoms with Gasteiger partial charge in [-0.25, -0.2) is 13.8 Å². The Kier molecular flexibility index (Phi) is 3.82. The van der Waals surface area contributed by atoms with Crippen LogP contribution in [0.15, 0.2) is 75.6 Å². The van der Waals surface area contributed by atoms with Crippen molar-refractivity contribution in [2.45, 2.75) is 6.54 Å². The Morgan fingerprint density at radius 3 is 2.52 bits per heavy atom. The van der Waals surface area contributed by atoms with Crippen molar-refractivity contribution in [3.8, 4) is 5.69 Å². The van der Waals surface area contributed by atoms with Crippen LogP contribution in [0, 0.1) is 5.82 Å². The number of aromatic nitrogens is 2. The maximum atomic E-state index is 13.5. The number of hydrogen-bond acceptors (Lipinski definition) is 3. The molecule has 0 atom stereocenters. The summed E-state index contributed by atoms with van der Waals surface area (Å²) < 4.78 is 16.7. The van der Waals surface area contributed by atoms with E-state index in [1.807, 2.05) is 6.07 Å². The number of hydrogen-bond donors (Lipinski definition) is 0. The topological polar surface area (TPSA) is 44.0 Å². The standard InChI is InChI=1S/C19H13FN2O2S/c20-14-6-4-5-13(11-14)12-21-16-9-10-25-17(16)18(23)22(19(21)24)15-7-2-1-3-8-15/h1-11H,12H2. The zero-order valence-electron chi connectivity index (χ0n) is 13.1. The number of rotatable bonds is 3. The average Bonchev–Trinajstić information content (AvgIpc) is 3.10. The predicted octanol–water partition coefficient (Wildman–Crippen LogP) is 3.40. The van der Waals surface area contributed by atoms with Gasteiger partial charge in [-0.15, -0.1) is 11.3 Å². The molecule has 0 aliphatic carbocycles. The quantitative estimate of drug-likeness (QED) is 0.567. The second kappa shape index (κ2) is 6.14. The van der Waals surface area contributed by atoms with Gasteiger partial charge in [-0.3, -0.25) is 9.36 Å². The molecule has 124 valence electrons. The molecule has 4 nitrogen and oxygen atoms in total. The highest BCUT2D eigenvalue weighted by Crippen LogP contribution is 2.17. The third-order valence-electron chi connectivity index (χ3n) is 4.00. The lowest BCUT2D eigenvalue weighted by molar-refractivity contribution is 0.622. The van der Waals surface area contributed by atoms with Crippen molar-refractivity contribution in [1.29, 1.82) is 0 Å². The molecule has 25 heavy (non-hydrogen) atoms. The Balaban J connectivity index is 2.00. The summed E-state index contributed by atoms with van der Waals surface area (Å²) in [5.41, 5.74) is 0.966. The zero-order chi connectivity index (χ0) is 17.4. The lowest BCUT2D eigenvalue weighted by Gasteiger charge is -2.12. The normalized spacial score (nSPS) is 11.1. The number of thiophene rings is 1. The molecule has 0 bridgehead atoms. The molecule has 2 aromatic heterocycles. The van der Waals surface area contributed by atoms with Gasteiger partial charge in [0, 0.05) is 0 Å². The van der Waals surface area contributed by atoms with E-state index in [-0.39, 0.29) is 17.9 Å². The van der Waals surface area contributed by atoms with Gasteiger partial charge in [-0.05, 0) is 41.3 Å². The lowest BCUT2D eigenvalue weighted by Crippen LogP contribution is -2.38. The lowest BCUT2D eigenvalue weighted by atomic mass is 10.2. The molecule has 0 aliphatic rings. The third-order valence-corrected chi connectivity index (χ3v) is 4.89. The van der Waals surface area contributed by atoms with E-state index in [2.05, 4.69) is 0 Å². The minimum absolute atomic E-state index is 0.191. The SMILES string of the molecule is O=c1c2sccc2n(Cc2cccc(F)c2)c(=O)n1-c1ccccc1. The number of benzene rings is 2. The van der Waals surface area contributed by atoms with Crippen molar-refractivity contribution in [3.05, 3.63) is 98.3 Å². The summed E-state index contributed by atoms with van der Waals surface area (Å²) in [4.78, 5) is 25.8. The van der Waals surface area contributed by atoms with Crippen LogP contribution in [0.25, 0.3) is 15.9 Å². The number of nitrogens with zero attached hydrogens (tertiary/aromatic N) is 2. The molecule has 0 radical (unpaired) electrons. The van der Waals surface area contributed by atoms with Gasteiger partial charge in [0.05, 0.1) is 17.7 Å². The molecule has 0 spiro atoms.